The molecule has 1 atom stereocenters. The van der Waals surface area contributed by atoms with Gasteiger partial charge in [-0.05, 0) is 49.2 Å². The number of amides is 1. The van der Waals surface area contributed by atoms with E-state index in [1.54, 1.807) is 44.6 Å². The van der Waals surface area contributed by atoms with Crippen molar-refractivity contribution in [3.63, 3.8) is 0 Å². The third-order valence-corrected chi connectivity index (χ3v) is 5.49. The number of ether oxygens (including phenoxy) is 2. The fourth-order valence-electron chi connectivity index (χ4n) is 3.63. The van der Waals surface area contributed by atoms with Gasteiger partial charge in [-0.1, -0.05) is 16.8 Å². The highest BCUT2D eigenvalue weighted by atomic mass is 35.5. The fourth-order valence-corrected chi connectivity index (χ4v) is 3.75. The highest BCUT2D eigenvalue weighted by molar-refractivity contribution is 6.30. The van der Waals surface area contributed by atoms with Crippen molar-refractivity contribution in [3.05, 3.63) is 58.9 Å². The summed E-state index contributed by atoms with van der Waals surface area (Å²) in [6.07, 6.45) is 1.74. The van der Waals surface area contributed by atoms with Crippen molar-refractivity contribution in [1.29, 1.82) is 0 Å². The van der Waals surface area contributed by atoms with E-state index in [0.29, 0.717) is 46.9 Å². The van der Waals surface area contributed by atoms with Crippen LogP contribution >= 0.6 is 11.6 Å². The molecule has 2 aromatic carbocycles. The third-order valence-electron chi connectivity index (χ3n) is 5.24. The lowest BCUT2D eigenvalue weighted by Gasteiger charge is -2.31. The van der Waals surface area contributed by atoms with Crippen molar-refractivity contribution >= 4 is 17.5 Å². The minimum atomic E-state index is -0.0864. The normalized spacial score (nSPS) is 16.4. The molecule has 0 bridgehead atoms. The van der Waals surface area contributed by atoms with Crippen molar-refractivity contribution in [2.75, 3.05) is 27.3 Å². The summed E-state index contributed by atoms with van der Waals surface area (Å²) in [5.41, 5.74) is 1.34. The molecule has 0 N–H and O–H groups in total. The van der Waals surface area contributed by atoms with Crippen molar-refractivity contribution in [1.82, 2.24) is 15.0 Å². The Bertz CT molecular complexity index is 1040. The van der Waals surface area contributed by atoms with Crippen molar-refractivity contribution in [3.8, 4) is 22.9 Å². The predicted molar refractivity (Wildman–Crippen MR) is 112 cm³/mol. The maximum Gasteiger partial charge on any atom is 0.257 e. The van der Waals surface area contributed by atoms with Crippen LogP contribution in [0, 0.1) is 0 Å². The Hall–Kier alpha value is -3.06. The number of hydrogen-bond donors (Lipinski definition) is 0. The minimum Gasteiger partial charge on any atom is -0.497 e. The van der Waals surface area contributed by atoms with Crippen LogP contribution in [0.4, 0.5) is 0 Å². The highest BCUT2D eigenvalue weighted by Crippen LogP contribution is 2.31. The van der Waals surface area contributed by atoms with E-state index in [-0.39, 0.29) is 11.8 Å². The molecule has 0 aliphatic carbocycles. The Morgan fingerprint density at radius 2 is 1.97 bits per heavy atom. The summed E-state index contributed by atoms with van der Waals surface area (Å²) in [6.45, 7) is 1.18. The first-order valence-electron chi connectivity index (χ1n) is 9.70. The summed E-state index contributed by atoms with van der Waals surface area (Å²) < 4.78 is 16.1. The summed E-state index contributed by atoms with van der Waals surface area (Å²) in [7, 11) is 3.12. The third kappa shape index (κ3) is 4.11. The Morgan fingerprint density at radius 3 is 2.70 bits per heavy atom. The van der Waals surface area contributed by atoms with Crippen LogP contribution in [0.1, 0.15) is 35.0 Å². The van der Waals surface area contributed by atoms with Gasteiger partial charge in [0.15, 0.2) is 0 Å². The monoisotopic (exact) mass is 427 g/mol. The van der Waals surface area contributed by atoms with E-state index < -0.39 is 0 Å². The van der Waals surface area contributed by atoms with Gasteiger partial charge in [0.25, 0.3) is 5.91 Å². The predicted octanol–water partition coefficient (Wildman–Crippen LogP) is 4.43. The Balaban J connectivity index is 1.51. The van der Waals surface area contributed by atoms with Crippen LogP contribution in [0.2, 0.25) is 5.02 Å². The van der Waals surface area contributed by atoms with Crippen LogP contribution in [0.5, 0.6) is 11.5 Å². The quantitative estimate of drug-likeness (QED) is 0.599. The maximum atomic E-state index is 13.1. The first-order valence-corrected chi connectivity index (χ1v) is 10.1. The molecule has 1 aliphatic heterocycles. The first-order chi connectivity index (χ1) is 14.6. The lowest BCUT2D eigenvalue weighted by Crippen LogP contribution is -2.39. The molecule has 1 aliphatic rings. The minimum absolute atomic E-state index is 0.0134. The van der Waals surface area contributed by atoms with E-state index in [0.717, 1.165) is 18.4 Å². The molecule has 7 nitrogen and oxygen atoms in total. The molecule has 1 unspecified atom stereocenters. The summed E-state index contributed by atoms with van der Waals surface area (Å²) in [5.74, 6) is 2.09. The topological polar surface area (TPSA) is 77.7 Å². The highest BCUT2D eigenvalue weighted by Gasteiger charge is 2.30. The van der Waals surface area contributed by atoms with Crippen LogP contribution < -0.4 is 9.47 Å². The molecule has 2 heterocycles. The Kier molecular flexibility index (Phi) is 5.90. The van der Waals surface area contributed by atoms with Gasteiger partial charge >= 0.3 is 0 Å². The molecule has 0 saturated carbocycles. The zero-order valence-corrected chi connectivity index (χ0v) is 17.6. The van der Waals surface area contributed by atoms with Gasteiger partial charge in [-0.15, -0.1) is 0 Å². The molecule has 30 heavy (non-hydrogen) atoms. The second-order valence-electron chi connectivity index (χ2n) is 7.12. The molecule has 156 valence electrons. The van der Waals surface area contributed by atoms with E-state index >= 15 is 0 Å². The number of carbonyl (C=O) groups is 1. The van der Waals surface area contributed by atoms with Crippen LogP contribution in [0.3, 0.4) is 0 Å². The van der Waals surface area contributed by atoms with Crippen molar-refractivity contribution < 1.29 is 18.8 Å². The summed E-state index contributed by atoms with van der Waals surface area (Å²) in [4.78, 5) is 19.5. The van der Waals surface area contributed by atoms with Gasteiger partial charge in [0.2, 0.25) is 11.7 Å². The number of aromatic nitrogens is 2. The number of piperidine rings is 1. The van der Waals surface area contributed by atoms with Crippen molar-refractivity contribution in [2.45, 2.75) is 18.8 Å². The molecule has 1 aromatic heterocycles. The summed E-state index contributed by atoms with van der Waals surface area (Å²) in [5, 5.41) is 4.75. The van der Waals surface area contributed by atoms with E-state index in [9.17, 15) is 4.79 Å². The molecule has 0 spiro atoms. The maximum absolute atomic E-state index is 13.1. The van der Waals surface area contributed by atoms with Gasteiger partial charge in [0.1, 0.15) is 11.5 Å². The first kappa shape index (κ1) is 20.2. The number of methoxy groups -OCH3 is 2. The number of benzene rings is 2. The van der Waals surface area contributed by atoms with Crippen LogP contribution in [0.25, 0.3) is 11.4 Å². The number of rotatable bonds is 5. The van der Waals surface area contributed by atoms with E-state index in [1.165, 1.54) is 0 Å². The fraction of sp³-hybridized carbons (Fsp3) is 0.318. The molecule has 1 amide bonds. The lowest BCUT2D eigenvalue weighted by molar-refractivity contribution is 0.0692. The van der Waals surface area contributed by atoms with E-state index in [4.69, 9.17) is 25.6 Å². The lowest BCUT2D eigenvalue weighted by atomic mass is 9.97. The molecule has 8 heteroatoms. The zero-order chi connectivity index (χ0) is 21.1. The van der Waals surface area contributed by atoms with Gasteiger partial charge in [-0.25, -0.2) is 0 Å². The number of hydrogen-bond acceptors (Lipinski definition) is 6. The van der Waals surface area contributed by atoms with Crippen molar-refractivity contribution in [2.24, 2.45) is 0 Å². The molecule has 1 saturated heterocycles. The summed E-state index contributed by atoms with van der Waals surface area (Å²) >= 11 is 5.94. The van der Waals surface area contributed by atoms with Crippen LogP contribution in [0.15, 0.2) is 47.0 Å². The smallest absolute Gasteiger partial charge is 0.257 e. The number of carbonyl (C=O) groups excluding carboxylic acids is 1. The molecule has 1 fully saturated rings. The molecular weight excluding hydrogens is 406 g/mol. The second-order valence-corrected chi connectivity index (χ2v) is 7.56. The molecule has 0 radical (unpaired) electrons. The number of nitrogens with zero attached hydrogens (tertiary/aromatic N) is 3. The van der Waals surface area contributed by atoms with Gasteiger partial charge in [0.05, 0.1) is 25.7 Å². The van der Waals surface area contributed by atoms with E-state index in [1.807, 2.05) is 17.0 Å². The Labute approximate surface area is 179 Å². The second kappa shape index (κ2) is 8.75. The van der Waals surface area contributed by atoms with Gasteiger partial charge < -0.3 is 18.9 Å². The number of halogens is 1. The Morgan fingerprint density at radius 1 is 1.17 bits per heavy atom. The average molecular weight is 428 g/mol. The van der Waals surface area contributed by atoms with Crippen LogP contribution in [-0.4, -0.2) is 48.3 Å². The zero-order valence-electron chi connectivity index (χ0n) is 16.8. The van der Waals surface area contributed by atoms with Gasteiger partial charge in [-0.3, -0.25) is 4.79 Å². The van der Waals surface area contributed by atoms with Crippen LogP contribution in [-0.2, 0) is 0 Å². The van der Waals surface area contributed by atoms with Gasteiger partial charge in [0, 0.05) is 29.7 Å². The number of likely N-dealkylation sites (tertiary alicyclic amines) is 1. The molecular formula is C22H22ClN3O4. The molecule has 4 rings (SSSR count). The van der Waals surface area contributed by atoms with E-state index in [2.05, 4.69) is 10.1 Å². The van der Waals surface area contributed by atoms with Gasteiger partial charge in [-0.2, -0.15) is 4.98 Å². The summed E-state index contributed by atoms with van der Waals surface area (Å²) in [6, 6.07) is 12.5. The average Bonchev–Trinajstić information content (AvgIpc) is 3.29. The SMILES string of the molecule is COc1ccc(C(=O)N2CCCC(c3nc(-c4ccc(Cl)cc4)no3)C2)c(OC)c1. The largest absolute Gasteiger partial charge is 0.497 e. The standard InChI is InChI=1S/C22H22ClN3O4/c1-28-17-9-10-18(19(12-17)29-2)22(27)26-11-3-4-15(13-26)21-24-20(25-30-21)14-5-7-16(23)8-6-14/h5-10,12,15H,3-4,11,13H2,1-2H3. The molecule has 3 aromatic rings.